The summed E-state index contributed by atoms with van der Waals surface area (Å²) in [6.07, 6.45) is -1.99. The summed E-state index contributed by atoms with van der Waals surface area (Å²) in [5.74, 6) is -0.554. The molecular weight excluding hydrogens is 245 g/mol. The van der Waals surface area contributed by atoms with Gasteiger partial charge >= 0.3 is 6.18 Å². The van der Waals surface area contributed by atoms with Crippen LogP contribution in [0.25, 0.3) is 0 Å². The molecule has 1 aliphatic carbocycles. The number of hydrogen-bond donors (Lipinski definition) is 1. The van der Waals surface area contributed by atoms with Gasteiger partial charge in [-0.2, -0.15) is 18.4 Å². The average molecular weight is 262 g/mol. The minimum atomic E-state index is -4.31. The molecule has 1 unspecified atom stereocenters. The zero-order valence-corrected chi connectivity index (χ0v) is 10.3. The van der Waals surface area contributed by atoms with E-state index in [0.717, 1.165) is 19.3 Å². The third kappa shape index (κ3) is 3.90. The van der Waals surface area contributed by atoms with Gasteiger partial charge in [-0.3, -0.25) is 4.79 Å². The Bertz CT molecular complexity index is 340. The highest BCUT2D eigenvalue weighted by molar-refractivity contribution is 5.85. The first-order chi connectivity index (χ1) is 8.29. The first kappa shape index (κ1) is 14.8. The van der Waals surface area contributed by atoms with Gasteiger partial charge in [0, 0.05) is 6.04 Å². The maximum Gasteiger partial charge on any atom is 0.391 e. The Kier molecular flexibility index (Phi) is 4.60. The lowest BCUT2D eigenvalue weighted by Gasteiger charge is -2.30. The molecule has 0 radical (unpaired) electrons. The second kappa shape index (κ2) is 5.59. The van der Waals surface area contributed by atoms with Gasteiger partial charge in [-0.1, -0.05) is 19.3 Å². The van der Waals surface area contributed by atoms with Crippen molar-refractivity contribution in [1.82, 2.24) is 5.32 Å². The van der Waals surface area contributed by atoms with E-state index in [0.29, 0.717) is 12.8 Å². The maximum absolute atomic E-state index is 12.2. The van der Waals surface area contributed by atoms with Crippen LogP contribution in [-0.2, 0) is 4.79 Å². The minimum Gasteiger partial charge on any atom is -0.352 e. The summed E-state index contributed by atoms with van der Waals surface area (Å²) in [7, 11) is 0. The van der Waals surface area contributed by atoms with E-state index in [1.54, 1.807) is 0 Å². The van der Waals surface area contributed by atoms with E-state index in [1.807, 2.05) is 6.07 Å². The Balaban J connectivity index is 2.61. The van der Waals surface area contributed by atoms with Crippen molar-refractivity contribution in [2.24, 2.45) is 5.41 Å². The molecule has 0 saturated heterocycles. The summed E-state index contributed by atoms with van der Waals surface area (Å²) in [5.41, 5.74) is -1.13. The molecule has 1 rings (SSSR count). The lowest BCUT2D eigenvalue weighted by molar-refractivity contribution is -0.143. The Morgan fingerprint density at radius 1 is 1.39 bits per heavy atom. The molecule has 1 saturated carbocycles. The molecule has 3 nitrogen and oxygen atoms in total. The number of rotatable bonds is 3. The topological polar surface area (TPSA) is 52.9 Å². The summed E-state index contributed by atoms with van der Waals surface area (Å²) in [6.45, 7) is 1.30. The highest BCUT2D eigenvalue weighted by atomic mass is 19.4. The smallest absolute Gasteiger partial charge is 0.352 e. The summed E-state index contributed by atoms with van der Waals surface area (Å²) in [4.78, 5) is 11.9. The number of nitrogens with one attached hydrogen (secondary N) is 1. The van der Waals surface area contributed by atoms with Gasteiger partial charge in [0.2, 0.25) is 5.91 Å². The molecule has 1 atom stereocenters. The van der Waals surface area contributed by atoms with Crippen molar-refractivity contribution in [3.63, 3.8) is 0 Å². The molecule has 1 aliphatic rings. The van der Waals surface area contributed by atoms with Gasteiger partial charge in [0.15, 0.2) is 0 Å². The first-order valence-electron chi connectivity index (χ1n) is 6.08. The van der Waals surface area contributed by atoms with E-state index >= 15 is 0 Å². The number of amides is 1. The first-order valence-corrected chi connectivity index (χ1v) is 6.08. The fourth-order valence-corrected chi connectivity index (χ4v) is 2.31. The molecule has 1 amide bonds. The van der Waals surface area contributed by atoms with Crippen LogP contribution in [0.3, 0.4) is 0 Å². The van der Waals surface area contributed by atoms with Gasteiger partial charge < -0.3 is 5.32 Å². The van der Waals surface area contributed by atoms with Crippen molar-refractivity contribution < 1.29 is 18.0 Å². The van der Waals surface area contributed by atoms with E-state index in [9.17, 15) is 18.0 Å². The van der Waals surface area contributed by atoms with Crippen LogP contribution < -0.4 is 5.32 Å². The third-order valence-electron chi connectivity index (χ3n) is 3.27. The van der Waals surface area contributed by atoms with Crippen molar-refractivity contribution in [1.29, 1.82) is 5.26 Å². The molecule has 0 heterocycles. The molecule has 6 heteroatoms. The summed E-state index contributed by atoms with van der Waals surface area (Å²) < 4.78 is 36.5. The maximum atomic E-state index is 12.2. The van der Waals surface area contributed by atoms with E-state index in [2.05, 4.69) is 5.32 Å². The molecule has 0 bridgehead atoms. The average Bonchev–Trinajstić information content (AvgIpc) is 2.27. The van der Waals surface area contributed by atoms with E-state index < -0.39 is 30.0 Å². The Morgan fingerprint density at radius 3 is 2.39 bits per heavy atom. The molecule has 18 heavy (non-hydrogen) atoms. The van der Waals surface area contributed by atoms with Crippen LogP contribution in [0, 0.1) is 16.7 Å². The number of alkyl halides is 3. The van der Waals surface area contributed by atoms with Crippen molar-refractivity contribution in [3.8, 4) is 6.07 Å². The molecule has 0 aromatic heterocycles. The van der Waals surface area contributed by atoms with Crippen molar-refractivity contribution in [2.75, 3.05) is 0 Å². The van der Waals surface area contributed by atoms with Gasteiger partial charge in [-0.25, -0.2) is 0 Å². The van der Waals surface area contributed by atoms with Crippen molar-refractivity contribution in [3.05, 3.63) is 0 Å². The number of carbonyl (C=O) groups is 1. The SMILES string of the molecule is CC(CC(F)(F)F)NC(=O)C1(C#N)CCCCC1. The van der Waals surface area contributed by atoms with Crippen molar-refractivity contribution >= 4 is 5.91 Å². The number of nitrogens with zero attached hydrogens (tertiary/aromatic N) is 1. The van der Waals surface area contributed by atoms with Crippen LogP contribution in [0.2, 0.25) is 0 Å². The third-order valence-corrected chi connectivity index (χ3v) is 3.27. The second-order valence-electron chi connectivity index (χ2n) is 4.95. The van der Waals surface area contributed by atoms with E-state index in [1.165, 1.54) is 6.92 Å². The second-order valence-corrected chi connectivity index (χ2v) is 4.95. The van der Waals surface area contributed by atoms with Gasteiger partial charge in [0.25, 0.3) is 0 Å². The standard InChI is InChI=1S/C12H17F3N2O/c1-9(7-12(13,14)15)17-10(18)11(8-16)5-3-2-4-6-11/h9H,2-7H2,1H3,(H,17,18). The lowest BCUT2D eigenvalue weighted by atomic mass is 9.74. The summed E-state index contributed by atoms with van der Waals surface area (Å²) in [5, 5.41) is 11.4. The molecule has 0 aromatic rings. The number of halogens is 3. The Labute approximate surface area is 104 Å². The predicted octanol–water partition coefficient (Wildman–Crippen LogP) is 2.92. The Morgan fingerprint density at radius 2 is 1.94 bits per heavy atom. The van der Waals surface area contributed by atoms with Crippen LogP contribution >= 0.6 is 0 Å². The van der Waals surface area contributed by atoms with E-state index in [4.69, 9.17) is 5.26 Å². The number of nitriles is 1. The highest BCUT2D eigenvalue weighted by Crippen LogP contribution is 2.36. The van der Waals surface area contributed by atoms with Gasteiger partial charge in [0.1, 0.15) is 5.41 Å². The molecule has 1 N–H and O–H groups in total. The lowest BCUT2D eigenvalue weighted by Crippen LogP contribution is -2.46. The van der Waals surface area contributed by atoms with Crippen LogP contribution in [-0.4, -0.2) is 18.1 Å². The van der Waals surface area contributed by atoms with Crippen LogP contribution in [0.15, 0.2) is 0 Å². The highest BCUT2D eigenvalue weighted by Gasteiger charge is 2.41. The monoisotopic (exact) mass is 262 g/mol. The summed E-state index contributed by atoms with van der Waals surface area (Å²) in [6, 6.07) is 0.996. The van der Waals surface area contributed by atoms with Crippen LogP contribution in [0.1, 0.15) is 45.4 Å². The predicted molar refractivity (Wildman–Crippen MR) is 59.4 cm³/mol. The molecular formula is C12H17F3N2O. The molecule has 1 fully saturated rings. The molecule has 0 spiro atoms. The van der Waals surface area contributed by atoms with Gasteiger partial charge in [-0.15, -0.1) is 0 Å². The zero-order chi connectivity index (χ0) is 13.8. The van der Waals surface area contributed by atoms with Gasteiger partial charge in [0.05, 0.1) is 12.5 Å². The van der Waals surface area contributed by atoms with E-state index in [-0.39, 0.29) is 0 Å². The Hall–Kier alpha value is -1.25. The quantitative estimate of drug-likeness (QED) is 0.850. The molecule has 102 valence electrons. The fraction of sp³-hybridized carbons (Fsp3) is 0.833. The number of hydrogen-bond acceptors (Lipinski definition) is 2. The fourth-order valence-electron chi connectivity index (χ4n) is 2.31. The largest absolute Gasteiger partial charge is 0.391 e. The number of carbonyl (C=O) groups excluding carboxylic acids is 1. The van der Waals surface area contributed by atoms with Crippen LogP contribution in [0.5, 0.6) is 0 Å². The van der Waals surface area contributed by atoms with Crippen molar-refractivity contribution in [2.45, 2.75) is 57.7 Å². The minimum absolute atomic E-state index is 0.439. The van der Waals surface area contributed by atoms with Crippen LogP contribution in [0.4, 0.5) is 13.2 Å². The summed E-state index contributed by atoms with van der Waals surface area (Å²) >= 11 is 0. The van der Waals surface area contributed by atoms with Gasteiger partial charge in [-0.05, 0) is 19.8 Å². The molecule has 0 aromatic carbocycles. The normalized spacial score (nSPS) is 20.8. The zero-order valence-electron chi connectivity index (χ0n) is 10.3. The molecule has 0 aliphatic heterocycles.